The number of hydrogen-bond donors (Lipinski definition) is 1. The van der Waals surface area contributed by atoms with Crippen LogP contribution >= 0.6 is 0 Å². The first-order valence-corrected chi connectivity index (χ1v) is 9.57. The highest BCUT2D eigenvalue weighted by Crippen LogP contribution is 2.30. The fourth-order valence-corrected chi connectivity index (χ4v) is 3.49. The highest BCUT2D eigenvalue weighted by atomic mass is 16.5. The number of carbonyl (C=O) groups excluding carboxylic acids is 1. The highest BCUT2D eigenvalue weighted by Gasteiger charge is 2.28. The minimum atomic E-state index is -0.0462. The molecular weight excluding hydrogens is 326 g/mol. The Morgan fingerprint density at radius 3 is 2.54 bits per heavy atom. The Hall–Kier alpha value is -2.14. The number of benzene rings is 1. The van der Waals surface area contributed by atoms with Crippen LogP contribution in [0.15, 0.2) is 30.3 Å². The van der Waals surface area contributed by atoms with Crippen LogP contribution in [0.4, 0.5) is 0 Å². The fourth-order valence-electron chi connectivity index (χ4n) is 3.49. The molecule has 26 heavy (non-hydrogen) atoms. The lowest BCUT2D eigenvalue weighted by Gasteiger charge is -2.15. The van der Waals surface area contributed by atoms with Gasteiger partial charge in [0, 0.05) is 13.2 Å². The minimum absolute atomic E-state index is 0.0462. The summed E-state index contributed by atoms with van der Waals surface area (Å²) in [6.45, 7) is 9.73. The average Bonchev–Trinajstić information content (AvgIpc) is 3.28. The minimum Gasteiger partial charge on any atom is -0.376 e. The second kappa shape index (κ2) is 8.04. The predicted molar refractivity (Wildman–Crippen MR) is 103 cm³/mol. The molecule has 1 atom stereocenters. The molecule has 0 radical (unpaired) electrons. The maximum Gasteiger partial charge on any atom is 0.255 e. The second-order valence-corrected chi connectivity index (χ2v) is 7.55. The van der Waals surface area contributed by atoms with Gasteiger partial charge in [-0.2, -0.15) is 5.10 Å². The molecule has 1 aromatic heterocycles. The van der Waals surface area contributed by atoms with Gasteiger partial charge < -0.3 is 10.1 Å². The quantitative estimate of drug-likeness (QED) is 0.851. The Balaban J connectivity index is 1.98. The molecule has 1 aromatic carbocycles. The standard InChI is InChI=1S/C21H29N3O2/c1-14(2)19-18(21(25)22-13-17-11-8-12-26-17)20(15(3)4)24(23-19)16-9-6-5-7-10-16/h5-7,9-10,14-15,17H,8,11-13H2,1-4H3,(H,22,25)/t17-/m1/s1. The van der Waals surface area contributed by atoms with E-state index in [1.165, 1.54) is 0 Å². The van der Waals surface area contributed by atoms with Crippen LogP contribution in [0.2, 0.25) is 0 Å². The van der Waals surface area contributed by atoms with Crippen LogP contribution in [0, 0.1) is 0 Å². The Kier molecular flexibility index (Phi) is 5.77. The van der Waals surface area contributed by atoms with Crippen LogP contribution in [0.3, 0.4) is 0 Å². The third kappa shape index (κ3) is 3.83. The molecule has 140 valence electrons. The van der Waals surface area contributed by atoms with Crippen molar-refractivity contribution in [3.05, 3.63) is 47.3 Å². The van der Waals surface area contributed by atoms with Crippen molar-refractivity contribution in [2.24, 2.45) is 0 Å². The Morgan fingerprint density at radius 1 is 1.23 bits per heavy atom. The summed E-state index contributed by atoms with van der Waals surface area (Å²) in [6.07, 6.45) is 2.21. The molecule has 1 aliphatic rings. The van der Waals surface area contributed by atoms with Gasteiger partial charge >= 0.3 is 0 Å². The molecule has 1 saturated heterocycles. The van der Waals surface area contributed by atoms with Crippen molar-refractivity contribution in [3.63, 3.8) is 0 Å². The monoisotopic (exact) mass is 355 g/mol. The molecule has 0 saturated carbocycles. The van der Waals surface area contributed by atoms with E-state index in [1.54, 1.807) is 0 Å². The van der Waals surface area contributed by atoms with Gasteiger partial charge in [0.2, 0.25) is 0 Å². The molecule has 5 heteroatoms. The predicted octanol–water partition coefficient (Wildman–Crippen LogP) is 4.03. The summed E-state index contributed by atoms with van der Waals surface area (Å²) in [6, 6.07) is 10.0. The van der Waals surface area contributed by atoms with Crippen LogP contribution < -0.4 is 5.32 Å². The highest BCUT2D eigenvalue weighted by molar-refractivity contribution is 5.97. The van der Waals surface area contributed by atoms with Gasteiger partial charge in [0.1, 0.15) is 0 Å². The van der Waals surface area contributed by atoms with Crippen LogP contribution in [0.25, 0.3) is 5.69 Å². The van der Waals surface area contributed by atoms with E-state index in [0.717, 1.165) is 42.1 Å². The van der Waals surface area contributed by atoms with Crippen molar-refractivity contribution in [2.45, 2.75) is 58.5 Å². The lowest BCUT2D eigenvalue weighted by Crippen LogP contribution is -2.33. The molecule has 2 heterocycles. The van der Waals surface area contributed by atoms with E-state index in [2.05, 4.69) is 33.0 Å². The molecule has 0 bridgehead atoms. The smallest absolute Gasteiger partial charge is 0.255 e. The van der Waals surface area contributed by atoms with Crippen molar-refractivity contribution in [2.75, 3.05) is 13.2 Å². The maximum atomic E-state index is 13.1. The molecule has 0 aliphatic carbocycles. The van der Waals surface area contributed by atoms with Crippen LogP contribution in [0.5, 0.6) is 0 Å². The van der Waals surface area contributed by atoms with E-state index in [1.807, 2.05) is 35.0 Å². The molecule has 1 fully saturated rings. The van der Waals surface area contributed by atoms with Crippen LogP contribution in [0.1, 0.15) is 74.1 Å². The number of carbonyl (C=O) groups is 1. The lowest BCUT2D eigenvalue weighted by molar-refractivity contribution is 0.0855. The summed E-state index contributed by atoms with van der Waals surface area (Å²) in [7, 11) is 0. The van der Waals surface area contributed by atoms with E-state index >= 15 is 0 Å². The van der Waals surface area contributed by atoms with Crippen molar-refractivity contribution in [3.8, 4) is 5.69 Å². The van der Waals surface area contributed by atoms with E-state index in [-0.39, 0.29) is 23.8 Å². The second-order valence-electron chi connectivity index (χ2n) is 7.55. The number of nitrogens with one attached hydrogen (secondary N) is 1. The molecular formula is C21H29N3O2. The van der Waals surface area contributed by atoms with Crippen molar-refractivity contribution >= 4 is 5.91 Å². The molecule has 3 rings (SSSR count). The third-order valence-corrected chi connectivity index (χ3v) is 4.78. The first kappa shape index (κ1) is 18.6. The summed E-state index contributed by atoms with van der Waals surface area (Å²) in [5.41, 5.74) is 3.51. The summed E-state index contributed by atoms with van der Waals surface area (Å²) < 4.78 is 7.57. The molecule has 1 N–H and O–H groups in total. The van der Waals surface area contributed by atoms with E-state index in [9.17, 15) is 4.79 Å². The Bertz CT molecular complexity index is 744. The maximum absolute atomic E-state index is 13.1. The van der Waals surface area contributed by atoms with Gasteiger partial charge in [-0.15, -0.1) is 0 Å². The van der Waals surface area contributed by atoms with Gasteiger partial charge in [-0.1, -0.05) is 45.9 Å². The van der Waals surface area contributed by atoms with Crippen molar-refractivity contribution in [1.82, 2.24) is 15.1 Å². The summed E-state index contributed by atoms with van der Waals surface area (Å²) in [5, 5.41) is 7.91. The van der Waals surface area contributed by atoms with Crippen LogP contribution in [-0.4, -0.2) is 34.9 Å². The third-order valence-electron chi connectivity index (χ3n) is 4.78. The number of rotatable bonds is 6. The van der Waals surface area contributed by atoms with E-state index in [0.29, 0.717) is 6.54 Å². The molecule has 5 nitrogen and oxygen atoms in total. The lowest BCUT2D eigenvalue weighted by atomic mass is 9.98. The summed E-state index contributed by atoms with van der Waals surface area (Å²) in [4.78, 5) is 13.1. The zero-order valence-corrected chi connectivity index (χ0v) is 16.2. The Morgan fingerprint density at radius 2 is 1.96 bits per heavy atom. The number of ether oxygens (including phenoxy) is 1. The molecule has 1 aliphatic heterocycles. The van der Waals surface area contributed by atoms with E-state index in [4.69, 9.17) is 9.84 Å². The molecule has 0 spiro atoms. The number of aromatic nitrogens is 2. The first-order valence-electron chi connectivity index (χ1n) is 9.57. The van der Waals surface area contributed by atoms with Crippen molar-refractivity contribution in [1.29, 1.82) is 0 Å². The number of hydrogen-bond acceptors (Lipinski definition) is 3. The average molecular weight is 355 g/mol. The summed E-state index contributed by atoms with van der Waals surface area (Å²) in [5.74, 6) is 0.301. The zero-order valence-electron chi connectivity index (χ0n) is 16.2. The van der Waals surface area contributed by atoms with Crippen LogP contribution in [-0.2, 0) is 4.74 Å². The first-order chi connectivity index (χ1) is 12.5. The molecule has 0 unspecified atom stereocenters. The largest absolute Gasteiger partial charge is 0.376 e. The van der Waals surface area contributed by atoms with Gasteiger partial charge in [-0.25, -0.2) is 4.68 Å². The zero-order chi connectivity index (χ0) is 18.7. The fraction of sp³-hybridized carbons (Fsp3) is 0.524. The van der Waals surface area contributed by atoms with Crippen molar-refractivity contribution < 1.29 is 9.53 Å². The van der Waals surface area contributed by atoms with Gasteiger partial charge in [-0.05, 0) is 36.8 Å². The topological polar surface area (TPSA) is 56.2 Å². The van der Waals surface area contributed by atoms with Gasteiger partial charge in [0.25, 0.3) is 5.91 Å². The Labute approximate surface area is 155 Å². The SMILES string of the molecule is CC(C)c1nn(-c2ccccc2)c(C(C)C)c1C(=O)NC[C@H]1CCCO1. The van der Waals surface area contributed by atoms with Gasteiger partial charge in [0.15, 0.2) is 0 Å². The summed E-state index contributed by atoms with van der Waals surface area (Å²) >= 11 is 0. The normalized spacial score (nSPS) is 17.2. The van der Waals surface area contributed by atoms with E-state index < -0.39 is 0 Å². The molecule has 1 amide bonds. The van der Waals surface area contributed by atoms with Gasteiger partial charge in [0.05, 0.1) is 28.7 Å². The number of amides is 1. The van der Waals surface area contributed by atoms with Gasteiger partial charge in [-0.3, -0.25) is 4.79 Å². The molecule has 2 aromatic rings. The number of nitrogens with zero attached hydrogens (tertiary/aromatic N) is 2. The number of para-hydroxylation sites is 1.